The van der Waals surface area contributed by atoms with Crippen molar-refractivity contribution in [1.29, 1.82) is 0 Å². The summed E-state index contributed by atoms with van der Waals surface area (Å²) < 4.78 is 13.4. The van der Waals surface area contributed by atoms with Crippen LogP contribution in [0, 0.1) is 11.7 Å². The number of carboxylic acid groups (broad SMARTS) is 1. The number of carbonyl (C=O) groups is 3. The molecular formula is C35H35FN2O4. The van der Waals surface area contributed by atoms with Crippen LogP contribution >= 0.6 is 0 Å². The minimum Gasteiger partial charge on any atom is -0.481 e. The van der Waals surface area contributed by atoms with Crippen molar-refractivity contribution in [3.8, 4) is 11.1 Å². The third-order valence-electron chi connectivity index (χ3n) is 7.09. The Balaban J connectivity index is 1.53. The van der Waals surface area contributed by atoms with Gasteiger partial charge in [0.25, 0.3) is 5.91 Å². The van der Waals surface area contributed by atoms with E-state index < -0.39 is 35.3 Å². The van der Waals surface area contributed by atoms with Gasteiger partial charge in [-0.1, -0.05) is 84.9 Å². The van der Waals surface area contributed by atoms with Crippen molar-refractivity contribution in [2.75, 3.05) is 0 Å². The molecule has 0 spiro atoms. The summed E-state index contributed by atoms with van der Waals surface area (Å²) >= 11 is 0. The fourth-order valence-electron chi connectivity index (χ4n) is 4.95. The molecule has 6 nitrogen and oxygen atoms in total. The third kappa shape index (κ3) is 8.61. The van der Waals surface area contributed by atoms with E-state index in [-0.39, 0.29) is 18.7 Å². The standard InChI is InChI=1S/C35H35FN2O4/c1-35(2,23-25-13-19-30(36)20-14-25)38-33(40)31(22-29(34(41)42)21-24-9-5-3-6-10-24)37-32(39)28-17-15-27(16-18-28)26-11-7-4-8-12-26/h3-20,29,31H,21-23H2,1-2H3,(H,37,39)(H,38,40)(H,41,42)/t29-,31-/m0/s1. The van der Waals surface area contributed by atoms with E-state index in [9.17, 15) is 23.9 Å². The Morgan fingerprint density at radius 3 is 1.93 bits per heavy atom. The van der Waals surface area contributed by atoms with Crippen molar-refractivity contribution in [2.24, 2.45) is 5.92 Å². The molecule has 4 aromatic rings. The zero-order chi connectivity index (χ0) is 30.1. The van der Waals surface area contributed by atoms with E-state index in [1.807, 2.05) is 86.6 Å². The number of hydrogen-bond acceptors (Lipinski definition) is 3. The molecule has 0 aliphatic rings. The first-order chi connectivity index (χ1) is 20.1. The fourth-order valence-corrected chi connectivity index (χ4v) is 4.95. The first-order valence-electron chi connectivity index (χ1n) is 13.9. The molecule has 3 N–H and O–H groups in total. The monoisotopic (exact) mass is 566 g/mol. The van der Waals surface area contributed by atoms with Gasteiger partial charge < -0.3 is 15.7 Å². The predicted octanol–water partition coefficient (Wildman–Crippen LogP) is 6.06. The van der Waals surface area contributed by atoms with E-state index in [0.29, 0.717) is 12.0 Å². The Bertz CT molecular complexity index is 1490. The van der Waals surface area contributed by atoms with E-state index >= 15 is 0 Å². The van der Waals surface area contributed by atoms with Crippen molar-refractivity contribution >= 4 is 17.8 Å². The molecule has 0 aromatic heterocycles. The third-order valence-corrected chi connectivity index (χ3v) is 7.09. The van der Waals surface area contributed by atoms with Crippen molar-refractivity contribution in [2.45, 2.75) is 44.7 Å². The molecule has 4 aromatic carbocycles. The molecular weight excluding hydrogens is 531 g/mol. The average Bonchev–Trinajstić information content (AvgIpc) is 2.98. The number of aliphatic carboxylic acids is 1. The molecule has 4 rings (SSSR count). The van der Waals surface area contributed by atoms with Crippen LogP contribution < -0.4 is 10.6 Å². The first kappa shape index (κ1) is 30.2. The molecule has 0 aliphatic carbocycles. The maximum atomic E-state index is 13.6. The van der Waals surface area contributed by atoms with Crippen LogP contribution in [0.25, 0.3) is 11.1 Å². The van der Waals surface area contributed by atoms with Gasteiger partial charge in [-0.05, 0) is 79.6 Å². The van der Waals surface area contributed by atoms with Crippen LogP contribution in [0.1, 0.15) is 41.8 Å². The Hall–Kier alpha value is -4.78. The van der Waals surface area contributed by atoms with Crippen molar-refractivity contribution in [3.63, 3.8) is 0 Å². The number of rotatable bonds is 12. The highest BCUT2D eigenvalue weighted by Crippen LogP contribution is 2.21. The summed E-state index contributed by atoms with van der Waals surface area (Å²) in [5.74, 6) is -3.28. The van der Waals surface area contributed by atoms with Crippen LogP contribution in [0.4, 0.5) is 4.39 Å². The summed E-state index contributed by atoms with van der Waals surface area (Å²) in [5, 5.41) is 15.8. The smallest absolute Gasteiger partial charge is 0.306 e. The number of hydrogen-bond donors (Lipinski definition) is 3. The SMILES string of the molecule is CC(C)(Cc1ccc(F)cc1)NC(=O)[C@H](C[C@H](Cc1ccccc1)C(=O)O)NC(=O)c1ccc(-c2ccccc2)cc1. The van der Waals surface area contributed by atoms with E-state index in [1.54, 1.807) is 24.3 Å². The normalized spacial score (nSPS) is 12.6. The van der Waals surface area contributed by atoms with E-state index in [0.717, 1.165) is 22.3 Å². The van der Waals surface area contributed by atoms with Gasteiger partial charge in [0.15, 0.2) is 0 Å². The zero-order valence-corrected chi connectivity index (χ0v) is 23.7. The lowest BCUT2D eigenvalue weighted by Gasteiger charge is -2.30. The first-order valence-corrected chi connectivity index (χ1v) is 13.9. The molecule has 0 saturated carbocycles. The zero-order valence-electron chi connectivity index (χ0n) is 23.7. The highest BCUT2D eigenvalue weighted by atomic mass is 19.1. The van der Waals surface area contributed by atoms with Crippen molar-refractivity contribution in [1.82, 2.24) is 10.6 Å². The Morgan fingerprint density at radius 1 is 0.762 bits per heavy atom. The van der Waals surface area contributed by atoms with Crippen LogP contribution in [0.2, 0.25) is 0 Å². The molecule has 0 aliphatic heterocycles. The van der Waals surface area contributed by atoms with Gasteiger partial charge in [-0.15, -0.1) is 0 Å². The molecule has 0 saturated heterocycles. The highest BCUT2D eigenvalue weighted by Gasteiger charge is 2.32. The van der Waals surface area contributed by atoms with Crippen molar-refractivity contribution in [3.05, 3.63) is 132 Å². The van der Waals surface area contributed by atoms with Gasteiger partial charge in [-0.3, -0.25) is 14.4 Å². The average molecular weight is 567 g/mol. The minimum atomic E-state index is -1.11. The molecule has 0 unspecified atom stereocenters. The topological polar surface area (TPSA) is 95.5 Å². The Labute approximate surface area is 245 Å². The second-order valence-electron chi connectivity index (χ2n) is 11.1. The van der Waals surface area contributed by atoms with E-state index in [4.69, 9.17) is 0 Å². The summed E-state index contributed by atoms with van der Waals surface area (Å²) in [5.41, 5.74) is 3.20. The Kier molecular flexibility index (Phi) is 9.86. The summed E-state index contributed by atoms with van der Waals surface area (Å²) in [6.45, 7) is 3.65. The molecule has 0 bridgehead atoms. The summed E-state index contributed by atoms with van der Waals surface area (Å²) in [4.78, 5) is 39.2. The molecule has 0 radical (unpaired) electrons. The number of carboxylic acids is 1. The molecule has 0 fully saturated rings. The maximum Gasteiger partial charge on any atom is 0.306 e. The van der Waals surface area contributed by atoms with Crippen LogP contribution in [-0.2, 0) is 22.4 Å². The molecule has 7 heteroatoms. The number of halogens is 1. The van der Waals surface area contributed by atoms with Gasteiger partial charge >= 0.3 is 5.97 Å². The summed E-state index contributed by atoms with van der Waals surface area (Å²) in [7, 11) is 0. The van der Waals surface area contributed by atoms with Gasteiger partial charge in [0.1, 0.15) is 11.9 Å². The highest BCUT2D eigenvalue weighted by molar-refractivity contribution is 5.98. The van der Waals surface area contributed by atoms with Gasteiger partial charge in [0.05, 0.1) is 5.92 Å². The molecule has 216 valence electrons. The number of carbonyl (C=O) groups excluding carboxylic acids is 2. The second kappa shape index (κ2) is 13.7. The molecule has 2 amide bonds. The summed E-state index contributed by atoms with van der Waals surface area (Å²) in [6.07, 6.45) is 0.518. The van der Waals surface area contributed by atoms with Gasteiger partial charge in [-0.2, -0.15) is 0 Å². The molecule has 42 heavy (non-hydrogen) atoms. The van der Waals surface area contributed by atoms with Gasteiger partial charge in [0.2, 0.25) is 5.91 Å². The number of amides is 2. The minimum absolute atomic E-state index is 0.101. The van der Waals surface area contributed by atoms with Crippen LogP contribution in [-0.4, -0.2) is 34.5 Å². The quantitative estimate of drug-likeness (QED) is 0.194. The van der Waals surface area contributed by atoms with E-state index in [2.05, 4.69) is 10.6 Å². The molecule has 0 heterocycles. The van der Waals surface area contributed by atoms with Gasteiger partial charge in [-0.25, -0.2) is 4.39 Å². The predicted molar refractivity (Wildman–Crippen MR) is 161 cm³/mol. The second-order valence-corrected chi connectivity index (χ2v) is 11.1. The van der Waals surface area contributed by atoms with E-state index in [1.165, 1.54) is 12.1 Å². The van der Waals surface area contributed by atoms with Crippen molar-refractivity contribution < 1.29 is 23.9 Å². The fraction of sp³-hybridized carbons (Fsp3) is 0.229. The number of benzene rings is 4. The molecule has 2 atom stereocenters. The van der Waals surface area contributed by atoms with Crippen LogP contribution in [0.5, 0.6) is 0 Å². The van der Waals surface area contributed by atoms with Crippen LogP contribution in [0.3, 0.4) is 0 Å². The Morgan fingerprint density at radius 2 is 1.33 bits per heavy atom. The lowest BCUT2D eigenvalue weighted by Crippen LogP contribution is -2.54. The number of nitrogens with one attached hydrogen (secondary N) is 2. The largest absolute Gasteiger partial charge is 0.481 e. The van der Waals surface area contributed by atoms with Crippen LogP contribution in [0.15, 0.2) is 109 Å². The maximum absolute atomic E-state index is 13.6. The summed E-state index contributed by atoms with van der Waals surface area (Å²) in [6, 6.07) is 30.9. The lowest BCUT2D eigenvalue weighted by molar-refractivity contribution is -0.142. The van der Waals surface area contributed by atoms with Gasteiger partial charge in [0, 0.05) is 11.1 Å². The lowest BCUT2D eigenvalue weighted by atomic mass is 9.90.